The first-order chi connectivity index (χ1) is 11.0. The summed E-state index contributed by atoms with van der Waals surface area (Å²) in [5, 5.41) is 10.2. The van der Waals surface area contributed by atoms with Gasteiger partial charge in [-0.3, -0.25) is 4.67 Å². The van der Waals surface area contributed by atoms with Gasteiger partial charge >= 0.3 is 0 Å². The zero-order valence-corrected chi connectivity index (χ0v) is 16.9. The van der Waals surface area contributed by atoms with Crippen molar-refractivity contribution in [3.8, 4) is 0 Å². The summed E-state index contributed by atoms with van der Waals surface area (Å²) in [4.78, 5) is 8.43. The van der Waals surface area contributed by atoms with Crippen LogP contribution >= 0.6 is 28.2 Å². The van der Waals surface area contributed by atoms with E-state index < -0.39 is 6.10 Å². The topological polar surface area (TPSA) is 63.4 Å². The smallest absolute Gasteiger partial charge is 0.116 e. The summed E-state index contributed by atoms with van der Waals surface area (Å²) in [6.07, 6.45) is 6.87. The van der Waals surface area contributed by atoms with Gasteiger partial charge in [0.1, 0.15) is 6.33 Å². The summed E-state index contributed by atoms with van der Waals surface area (Å²) < 4.78 is 9.13. The van der Waals surface area contributed by atoms with Crippen molar-refractivity contribution in [1.82, 2.24) is 19.0 Å². The van der Waals surface area contributed by atoms with Crippen LogP contribution in [-0.4, -0.2) is 42.8 Å². The predicted molar refractivity (Wildman–Crippen MR) is 103 cm³/mol. The van der Waals surface area contributed by atoms with Gasteiger partial charge in [0.2, 0.25) is 0 Å². The average Bonchev–Trinajstić information content (AvgIpc) is 3.01. The highest BCUT2D eigenvalue weighted by molar-refractivity contribution is 7.15. The number of fused-ring (bicyclic) bond motifs is 1. The summed E-state index contributed by atoms with van der Waals surface area (Å²) in [5.74, 6) is 0. The molecule has 0 bridgehead atoms. The molecule has 1 fully saturated rings. The Morgan fingerprint density at radius 2 is 2.09 bits per heavy atom. The van der Waals surface area contributed by atoms with Gasteiger partial charge in [0.15, 0.2) is 0 Å². The van der Waals surface area contributed by atoms with Gasteiger partial charge in [-0.15, -0.1) is 0 Å². The molecule has 0 radical (unpaired) electrons. The molecule has 128 valence electrons. The largest absolute Gasteiger partial charge is 0.391 e. The van der Waals surface area contributed by atoms with E-state index in [1.807, 2.05) is 10.5 Å². The number of hydrogen-bond donors (Lipinski definition) is 1. The molecule has 0 aliphatic carbocycles. The van der Waals surface area contributed by atoms with E-state index in [-0.39, 0.29) is 12.1 Å². The van der Waals surface area contributed by atoms with Gasteiger partial charge in [-0.05, 0) is 15.8 Å². The van der Waals surface area contributed by atoms with Gasteiger partial charge in [0.05, 0.1) is 36.0 Å². The number of hydrogen-bond acceptors (Lipinski definition) is 5. The molecule has 2 aromatic rings. The minimum Gasteiger partial charge on any atom is -0.391 e. The molecule has 23 heavy (non-hydrogen) atoms. The van der Waals surface area contributed by atoms with Crippen molar-refractivity contribution >= 4 is 39.3 Å². The van der Waals surface area contributed by atoms with Gasteiger partial charge < -0.3 is 14.0 Å². The van der Waals surface area contributed by atoms with Crippen LogP contribution in [0.3, 0.4) is 0 Å². The van der Waals surface area contributed by atoms with Gasteiger partial charge in [-0.1, -0.05) is 29.7 Å². The fourth-order valence-corrected chi connectivity index (χ4v) is 3.89. The molecule has 1 aliphatic rings. The molecule has 1 saturated heterocycles. The molecule has 5 unspecified atom stereocenters. The third-order valence-corrected chi connectivity index (χ3v) is 5.16. The van der Waals surface area contributed by atoms with Crippen molar-refractivity contribution in [1.29, 1.82) is 0 Å². The van der Waals surface area contributed by atoms with E-state index in [1.54, 1.807) is 12.5 Å². The van der Waals surface area contributed by atoms with Crippen molar-refractivity contribution in [2.24, 2.45) is 0 Å². The van der Waals surface area contributed by atoms with E-state index in [2.05, 4.69) is 56.7 Å². The van der Waals surface area contributed by atoms with Crippen LogP contribution in [0.1, 0.15) is 38.3 Å². The Kier molecular flexibility index (Phi) is 7.28. The lowest BCUT2D eigenvalue weighted by atomic mass is 10.1. The van der Waals surface area contributed by atoms with Crippen LogP contribution in [0.2, 0.25) is 0 Å². The SMILES string of the molecule is CCC.O[C@H]1CC(c2cn(P)c3cncnc23)N(P)C1COP. The van der Waals surface area contributed by atoms with Crippen LogP contribution in [0.5, 0.6) is 0 Å². The zero-order valence-electron chi connectivity index (χ0n) is 13.5. The van der Waals surface area contributed by atoms with E-state index >= 15 is 0 Å². The summed E-state index contributed by atoms with van der Waals surface area (Å²) in [7, 11) is 7.58. The molecule has 6 atom stereocenters. The Hall–Kier alpha value is -0.210. The average molecular weight is 374 g/mol. The van der Waals surface area contributed by atoms with Gasteiger partial charge in [-0.2, -0.15) is 0 Å². The highest BCUT2D eigenvalue weighted by atomic mass is 31.0. The summed E-state index contributed by atoms with van der Waals surface area (Å²) in [5.41, 5.74) is 2.98. The normalized spacial score (nSPS) is 24.7. The maximum atomic E-state index is 10.2. The summed E-state index contributed by atoms with van der Waals surface area (Å²) >= 11 is 0. The molecule has 0 aromatic carbocycles. The Morgan fingerprint density at radius 1 is 1.39 bits per heavy atom. The highest BCUT2D eigenvalue weighted by Crippen LogP contribution is 2.42. The van der Waals surface area contributed by atoms with Crippen molar-refractivity contribution in [3.05, 3.63) is 24.3 Å². The monoisotopic (exact) mass is 374 g/mol. The number of nitrogens with zero attached hydrogens (tertiary/aromatic N) is 4. The molecular formula is C14H25N4O2P3. The summed E-state index contributed by atoms with van der Waals surface area (Å²) in [6.45, 7) is 4.72. The van der Waals surface area contributed by atoms with E-state index in [0.717, 1.165) is 16.6 Å². The number of rotatable bonds is 3. The zero-order chi connectivity index (χ0) is 17.0. The van der Waals surface area contributed by atoms with Crippen LogP contribution < -0.4 is 0 Å². The third kappa shape index (κ3) is 4.07. The molecule has 2 aromatic heterocycles. The Labute approximate surface area is 144 Å². The first kappa shape index (κ1) is 19.1. The minimum atomic E-state index is -0.414. The van der Waals surface area contributed by atoms with Gasteiger partial charge in [-0.25, -0.2) is 9.97 Å². The molecule has 9 heteroatoms. The van der Waals surface area contributed by atoms with Crippen LogP contribution in [-0.2, 0) is 4.52 Å². The van der Waals surface area contributed by atoms with Crippen LogP contribution in [0, 0.1) is 0 Å². The lowest BCUT2D eigenvalue weighted by molar-refractivity contribution is 0.115. The molecule has 1 N–H and O–H groups in total. The number of aliphatic hydroxyl groups is 1. The quantitative estimate of drug-likeness (QED) is 0.837. The van der Waals surface area contributed by atoms with Gasteiger partial charge in [0, 0.05) is 27.3 Å². The fourth-order valence-electron chi connectivity index (χ4n) is 2.78. The lowest BCUT2D eigenvalue weighted by Gasteiger charge is -2.24. The van der Waals surface area contributed by atoms with E-state index in [4.69, 9.17) is 4.52 Å². The highest BCUT2D eigenvalue weighted by Gasteiger charge is 2.40. The molecule has 0 saturated carbocycles. The molecule has 3 heterocycles. The first-order valence-corrected chi connectivity index (χ1v) is 9.14. The molecule has 3 rings (SSSR count). The second kappa shape index (κ2) is 8.76. The first-order valence-electron chi connectivity index (χ1n) is 7.63. The van der Waals surface area contributed by atoms with Crippen molar-refractivity contribution < 1.29 is 9.63 Å². The third-order valence-electron chi connectivity index (χ3n) is 3.80. The maximum absolute atomic E-state index is 10.2. The Morgan fingerprint density at radius 3 is 2.74 bits per heavy atom. The summed E-state index contributed by atoms with van der Waals surface area (Å²) in [6, 6.07) is 0.0617. The molecule has 1 aliphatic heterocycles. The van der Waals surface area contributed by atoms with Crippen LogP contribution in [0.4, 0.5) is 0 Å². The standard InChI is InChI=1S/C11H17N4O2P3.C3H8/c16-10-1-7(15(19)9(10)4-17-20)6-3-14(18)8-2-12-5-13-11(6)8;1-3-2/h2-3,5,7,9-10,16H,1,4,18-20H2;3H2,1-2H3/t7?,9?,10-;/m0./s1. The second-order valence-corrected chi connectivity index (χ2v) is 7.11. The molecule has 0 spiro atoms. The number of aliphatic hydroxyl groups excluding tert-OH is 1. The molecular weight excluding hydrogens is 349 g/mol. The Bertz CT molecular complexity index is 640. The van der Waals surface area contributed by atoms with E-state index in [0.29, 0.717) is 13.0 Å². The van der Waals surface area contributed by atoms with E-state index in [9.17, 15) is 5.11 Å². The maximum Gasteiger partial charge on any atom is 0.116 e. The van der Waals surface area contributed by atoms with Crippen molar-refractivity contribution in [2.75, 3.05) is 6.61 Å². The van der Waals surface area contributed by atoms with Crippen LogP contribution in [0.25, 0.3) is 11.0 Å². The second-order valence-electron chi connectivity index (χ2n) is 5.62. The van der Waals surface area contributed by atoms with Crippen molar-refractivity contribution in [2.45, 2.75) is 44.9 Å². The number of aromatic nitrogens is 3. The van der Waals surface area contributed by atoms with Crippen molar-refractivity contribution in [3.63, 3.8) is 0 Å². The molecule has 0 amide bonds. The predicted octanol–water partition coefficient (Wildman–Crippen LogP) is 2.56. The van der Waals surface area contributed by atoms with E-state index in [1.165, 1.54) is 6.42 Å². The van der Waals surface area contributed by atoms with Crippen LogP contribution in [0.15, 0.2) is 18.7 Å². The van der Waals surface area contributed by atoms with Gasteiger partial charge in [0.25, 0.3) is 0 Å². The lowest BCUT2D eigenvalue weighted by Crippen LogP contribution is -2.32. The Balaban J connectivity index is 0.000000595. The minimum absolute atomic E-state index is 0.0350. The molecule has 6 nitrogen and oxygen atoms in total. The fraction of sp³-hybridized carbons (Fsp3) is 0.571.